The fourth-order valence-corrected chi connectivity index (χ4v) is 4.61. The first kappa shape index (κ1) is 18.8. The lowest BCUT2D eigenvalue weighted by Crippen LogP contribution is -2.35. The Morgan fingerprint density at radius 1 is 1.10 bits per heavy atom. The van der Waals surface area contributed by atoms with Crippen LogP contribution in [-0.4, -0.2) is 40.8 Å². The Labute approximate surface area is 176 Å². The maximum absolute atomic E-state index is 12.8. The van der Waals surface area contributed by atoms with Crippen molar-refractivity contribution in [2.24, 2.45) is 0 Å². The molecule has 1 aromatic heterocycles. The van der Waals surface area contributed by atoms with E-state index in [1.807, 2.05) is 43.3 Å². The summed E-state index contributed by atoms with van der Waals surface area (Å²) in [6, 6.07) is 20.3. The van der Waals surface area contributed by atoms with E-state index in [4.69, 9.17) is 4.74 Å². The van der Waals surface area contributed by atoms with Crippen LogP contribution in [0.5, 0.6) is 0 Å². The summed E-state index contributed by atoms with van der Waals surface area (Å²) in [6.45, 7) is 2.87. The summed E-state index contributed by atoms with van der Waals surface area (Å²) >= 11 is 0. The van der Waals surface area contributed by atoms with Crippen LogP contribution in [0.4, 0.5) is 4.79 Å². The fraction of sp³-hybridized carbons (Fsp3) is 0.280. The maximum atomic E-state index is 12.8. The molecule has 1 amide bonds. The molecule has 0 radical (unpaired) electrons. The zero-order valence-electron chi connectivity index (χ0n) is 16.9. The van der Waals surface area contributed by atoms with Crippen molar-refractivity contribution in [2.75, 3.05) is 19.7 Å². The van der Waals surface area contributed by atoms with E-state index in [0.29, 0.717) is 13.0 Å². The van der Waals surface area contributed by atoms with Gasteiger partial charge in [-0.2, -0.15) is 0 Å². The van der Waals surface area contributed by atoms with Crippen molar-refractivity contribution in [1.82, 2.24) is 9.88 Å². The number of pyridine rings is 1. The molecule has 1 N–H and O–H groups in total. The van der Waals surface area contributed by atoms with Gasteiger partial charge in [-0.05, 0) is 41.7 Å². The number of carbonyl (C=O) groups is 1. The first-order valence-corrected chi connectivity index (χ1v) is 10.3. The zero-order valence-corrected chi connectivity index (χ0v) is 16.9. The molecule has 5 heteroatoms. The van der Waals surface area contributed by atoms with Crippen LogP contribution in [0.2, 0.25) is 0 Å². The van der Waals surface area contributed by atoms with Crippen molar-refractivity contribution in [3.63, 3.8) is 0 Å². The monoisotopic (exact) mass is 400 g/mol. The predicted octanol–water partition coefficient (Wildman–Crippen LogP) is 4.23. The molecule has 1 fully saturated rings. The molecule has 1 unspecified atom stereocenters. The zero-order chi connectivity index (χ0) is 20.7. The van der Waals surface area contributed by atoms with Crippen LogP contribution < -0.4 is 0 Å². The van der Waals surface area contributed by atoms with Gasteiger partial charge in [0.25, 0.3) is 0 Å². The molecular weight excluding hydrogens is 376 g/mol. The average molecular weight is 400 g/mol. The minimum atomic E-state index is -1.08. The van der Waals surface area contributed by atoms with Crippen molar-refractivity contribution in [3.8, 4) is 11.1 Å². The van der Waals surface area contributed by atoms with Crippen LogP contribution in [-0.2, 0) is 10.3 Å². The summed E-state index contributed by atoms with van der Waals surface area (Å²) in [5.74, 6) is 0.0316. The molecule has 1 aliphatic carbocycles. The summed E-state index contributed by atoms with van der Waals surface area (Å²) in [5, 5.41) is 11.0. The summed E-state index contributed by atoms with van der Waals surface area (Å²) in [6.07, 6.45) is 1.78. The normalized spacial score (nSPS) is 20.1. The smallest absolute Gasteiger partial charge is 0.409 e. The van der Waals surface area contributed by atoms with Gasteiger partial charge in [0.15, 0.2) is 0 Å². The third-order valence-corrected chi connectivity index (χ3v) is 6.29. The number of likely N-dealkylation sites (tertiary alicyclic amines) is 1. The molecule has 30 heavy (non-hydrogen) atoms. The molecule has 1 atom stereocenters. The Morgan fingerprint density at radius 2 is 1.77 bits per heavy atom. The summed E-state index contributed by atoms with van der Waals surface area (Å²) in [4.78, 5) is 18.6. The third-order valence-electron chi connectivity index (χ3n) is 6.29. The molecule has 0 spiro atoms. The van der Waals surface area contributed by atoms with E-state index < -0.39 is 5.60 Å². The SMILES string of the molecule is Cc1ccc(C2(O)CCN(C(=O)OCC3c4ccccc4-c4ccccc43)C2)cn1. The molecule has 3 aromatic rings. The number of benzene rings is 2. The second-order valence-electron chi connectivity index (χ2n) is 8.20. The van der Waals surface area contributed by atoms with E-state index in [-0.39, 0.29) is 25.2 Å². The van der Waals surface area contributed by atoms with Crippen LogP contribution in [0.15, 0.2) is 66.9 Å². The summed E-state index contributed by atoms with van der Waals surface area (Å²) < 4.78 is 5.73. The van der Waals surface area contributed by atoms with Gasteiger partial charge in [-0.3, -0.25) is 4.98 Å². The largest absolute Gasteiger partial charge is 0.448 e. The first-order chi connectivity index (χ1) is 14.5. The number of nitrogens with zero attached hydrogens (tertiary/aromatic N) is 2. The Morgan fingerprint density at radius 3 is 2.40 bits per heavy atom. The molecule has 1 saturated heterocycles. The van der Waals surface area contributed by atoms with Crippen molar-refractivity contribution in [2.45, 2.75) is 24.9 Å². The topological polar surface area (TPSA) is 62.7 Å². The Hall–Kier alpha value is -3.18. The van der Waals surface area contributed by atoms with Gasteiger partial charge in [-0.25, -0.2) is 4.79 Å². The maximum Gasteiger partial charge on any atom is 0.409 e. The van der Waals surface area contributed by atoms with Crippen molar-refractivity contribution < 1.29 is 14.6 Å². The summed E-state index contributed by atoms with van der Waals surface area (Å²) in [5.41, 5.74) is 5.35. The highest BCUT2D eigenvalue weighted by molar-refractivity contribution is 5.79. The van der Waals surface area contributed by atoms with E-state index >= 15 is 0 Å². The highest BCUT2D eigenvalue weighted by Gasteiger charge is 2.41. The number of aliphatic hydroxyl groups is 1. The number of hydrogen-bond acceptors (Lipinski definition) is 4. The number of β-amino-alcohol motifs (C(OH)–C–C–N with tert-alkyl or cyclic N) is 1. The third kappa shape index (κ3) is 3.15. The number of aryl methyl sites for hydroxylation is 1. The minimum Gasteiger partial charge on any atom is -0.448 e. The molecule has 0 saturated carbocycles. The highest BCUT2D eigenvalue weighted by atomic mass is 16.6. The molecule has 0 bridgehead atoms. The molecule has 2 aliphatic rings. The molecule has 2 aromatic carbocycles. The molecular formula is C25H24N2O3. The quantitative estimate of drug-likeness (QED) is 0.715. The minimum absolute atomic E-state index is 0.0316. The van der Waals surface area contributed by atoms with Crippen LogP contribution in [0.1, 0.15) is 34.7 Å². The van der Waals surface area contributed by atoms with Gasteiger partial charge in [0.1, 0.15) is 12.2 Å². The van der Waals surface area contributed by atoms with Crippen molar-refractivity contribution >= 4 is 6.09 Å². The Bertz CT molecular complexity index is 1050. The van der Waals surface area contributed by atoms with Gasteiger partial charge in [-0.1, -0.05) is 54.6 Å². The summed E-state index contributed by atoms with van der Waals surface area (Å²) in [7, 11) is 0. The van der Waals surface area contributed by atoms with E-state index in [1.165, 1.54) is 22.3 Å². The van der Waals surface area contributed by atoms with E-state index in [2.05, 4.69) is 29.2 Å². The van der Waals surface area contributed by atoms with Gasteiger partial charge in [0.05, 0.1) is 6.54 Å². The molecule has 1 aliphatic heterocycles. The average Bonchev–Trinajstić information content (AvgIpc) is 3.32. The number of rotatable bonds is 3. The number of amides is 1. The van der Waals surface area contributed by atoms with Crippen LogP contribution in [0.25, 0.3) is 11.1 Å². The van der Waals surface area contributed by atoms with Gasteiger partial charge >= 0.3 is 6.09 Å². The fourth-order valence-electron chi connectivity index (χ4n) is 4.61. The van der Waals surface area contributed by atoms with Crippen molar-refractivity contribution in [3.05, 3.63) is 89.2 Å². The van der Waals surface area contributed by atoms with Crippen LogP contribution in [0, 0.1) is 6.92 Å². The van der Waals surface area contributed by atoms with Crippen molar-refractivity contribution in [1.29, 1.82) is 0 Å². The van der Waals surface area contributed by atoms with Gasteiger partial charge in [0.2, 0.25) is 0 Å². The van der Waals surface area contributed by atoms with E-state index in [0.717, 1.165) is 11.3 Å². The molecule has 5 rings (SSSR count). The highest BCUT2D eigenvalue weighted by Crippen LogP contribution is 2.44. The standard InChI is InChI=1S/C25H24N2O3/c1-17-10-11-18(14-26-17)25(29)12-13-27(16-25)24(28)30-15-23-21-8-4-2-6-19(21)20-7-3-5-9-22(20)23/h2-11,14,23,29H,12-13,15-16H2,1H3. The Balaban J connectivity index is 1.29. The number of ether oxygens (including phenoxy) is 1. The molecule has 5 nitrogen and oxygen atoms in total. The lowest BCUT2D eigenvalue weighted by Gasteiger charge is -2.24. The lowest BCUT2D eigenvalue weighted by molar-refractivity contribution is 0.0411. The van der Waals surface area contributed by atoms with Gasteiger partial charge in [-0.15, -0.1) is 0 Å². The second kappa shape index (κ2) is 7.26. The number of fused-ring (bicyclic) bond motifs is 3. The first-order valence-electron chi connectivity index (χ1n) is 10.3. The Kier molecular flexibility index (Phi) is 4.55. The second-order valence-corrected chi connectivity index (χ2v) is 8.20. The van der Waals surface area contributed by atoms with Crippen LogP contribution in [0.3, 0.4) is 0 Å². The van der Waals surface area contributed by atoms with E-state index in [9.17, 15) is 9.90 Å². The molecule has 2 heterocycles. The van der Waals surface area contributed by atoms with Gasteiger partial charge in [0, 0.05) is 29.9 Å². The van der Waals surface area contributed by atoms with Crippen LogP contribution >= 0.6 is 0 Å². The lowest BCUT2D eigenvalue weighted by atomic mass is 9.94. The number of carbonyl (C=O) groups excluding carboxylic acids is 1. The number of hydrogen-bond donors (Lipinski definition) is 1. The molecule has 152 valence electrons. The van der Waals surface area contributed by atoms with Gasteiger partial charge < -0.3 is 14.7 Å². The number of aromatic nitrogens is 1. The van der Waals surface area contributed by atoms with E-state index in [1.54, 1.807) is 11.1 Å². The predicted molar refractivity (Wildman–Crippen MR) is 114 cm³/mol.